The molecule has 8 nitrogen and oxygen atoms in total. The molecule has 0 aliphatic heterocycles. The van der Waals surface area contributed by atoms with Crippen molar-refractivity contribution in [1.29, 1.82) is 0 Å². The van der Waals surface area contributed by atoms with Crippen molar-refractivity contribution in [3.05, 3.63) is 35.9 Å². The summed E-state index contributed by atoms with van der Waals surface area (Å²) >= 11 is 0. The molecule has 0 radical (unpaired) electrons. The zero-order valence-electron chi connectivity index (χ0n) is 15.6. The summed E-state index contributed by atoms with van der Waals surface area (Å²) in [5, 5.41) is 2.51. The van der Waals surface area contributed by atoms with Crippen molar-refractivity contribution in [3.63, 3.8) is 0 Å². The molecule has 2 atom stereocenters. The Morgan fingerprint density at radius 2 is 1.54 bits per heavy atom. The van der Waals surface area contributed by atoms with E-state index in [1.807, 2.05) is 30.3 Å². The van der Waals surface area contributed by atoms with Crippen LogP contribution in [0, 0.1) is 11.8 Å². The van der Waals surface area contributed by atoms with Crippen LogP contribution >= 0.6 is 0 Å². The molecule has 2 unspecified atom stereocenters. The Kier molecular flexibility index (Phi) is 8.57. The van der Waals surface area contributed by atoms with E-state index < -0.39 is 30.0 Å². The fourth-order valence-corrected chi connectivity index (χ4v) is 2.01. The molecule has 144 valence electrons. The third-order valence-electron chi connectivity index (χ3n) is 3.77. The maximum atomic E-state index is 12.3. The van der Waals surface area contributed by atoms with Crippen LogP contribution < -0.4 is 21.9 Å². The molecule has 0 saturated heterocycles. The highest BCUT2D eigenvalue weighted by molar-refractivity contribution is 5.89. The number of rotatable bonds is 7. The third kappa shape index (κ3) is 7.10. The molecule has 1 aromatic rings. The van der Waals surface area contributed by atoms with Crippen LogP contribution in [0.4, 0.5) is 4.79 Å². The van der Waals surface area contributed by atoms with Crippen LogP contribution in [0.15, 0.2) is 30.3 Å². The number of carbonyl (C=O) groups is 3. The molecule has 0 aliphatic carbocycles. The Hall–Kier alpha value is -2.61. The lowest BCUT2D eigenvalue weighted by atomic mass is 10.0. The summed E-state index contributed by atoms with van der Waals surface area (Å²) < 4.78 is 5.12. The minimum atomic E-state index is -0.867. The van der Waals surface area contributed by atoms with Crippen LogP contribution in [0.25, 0.3) is 0 Å². The van der Waals surface area contributed by atoms with Crippen LogP contribution in [0.1, 0.15) is 33.3 Å². The van der Waals surface area contributed by atoms with E-state index in [1.54, 1.807) is 27.7 Å². The number of hydrazine groups is 1. The van der Waals surface area contributed by atoms with Crippen LogP contribution in [-0.2, 0) is 20.9 Å². The number of nitrogens with one attached hydrogen (secondary N) is 3. The van der Waals surface area contributed by atoms with Crippen molar-refractivity contribution in [1.82, 2.24) is 16.2 Å². The number of amides is 3. The largest absolute Gasteiger partial charge is 0.445 e. The molecule has 0 saturated carbocycles. The van der Waals surface area contributed by atoms with Gasteiger partial charge in [0.25, 0.3) is 11.8 Å². The smallest absolute Gasteiger partial charge is 0.408 e. The predicted octanol–water partition coefficient (Wildman–Crippen LogP) is 1.07. The fraction of sp³-hybridized carbons (Fsp3) is 0.500. The summed E-state index contributed by atoms with van der Waals surface area (Å²) in [5.41, 5.74) is 11.1. The molecule has 0 aliphatic rings. The van der Waals surface area contributed by atoms with Crippen molar-refractivity contribution in [3.8, 4) is 0 Å². The minimum Gasteiger partial charge on any atom is -0.445 e. The maximum absolute atomic E-state index is 12.3. The molecule has 0 spiro atoms. The summed E-state index contributed by atoms with van der Waals surface area (Å²) in [5.74, 6) is -1.34. The Balaban J connectivity index is 2.52. The standard InChI is InChI=1S/C18H28N4O4/c1-11(2)14(19)16(23)21-22-17(24)15(12(3)4)20-18(25)26-10-13-8-6-5-7-9-13/h5-9,11-12,14-15H,10,19H2,1-4H3,(H,20,25)(H,21,23)(H,22,24). The van der Waals surface area contributed by atoms with Gasteiger partial charge in [-0.05, 0) is 17.4 Å². The molecular weight excluding hydrogens is 336 g/mol. The third-order valence-corrected chi connectivity index (χ3v) is 3.77. The number of hydrogen-bond donors (Lipinski definition) is 4. The zero-order chi connectivity index (χ0) is 19.7. The lowest BCUT2D eigenvalue weighted by molar-refractivity contribution is -0.131. The van der Waals surface area contributed by atoms with Gasteiger partial charge in [-0.15, -0.1) is 0 Å². The lowest BCUT2D eigenvalue weighted by Gasteiger charge is -2.22. The van der Waals surface area contributed by atoms with E-state index in [1.165, 1.54) is 0 Å². The molecular formula is C18H28N4O4. The molecule has 5 N–H and O–H groups in total. The number of carbonyl (C=O) groups excluding carboxylic acids is 3. The van der Waals surface area contributed by atoms with Crippen molar-refractivity contribution in [2.75, 3.05) is 0 Å². The summed E-state index contributed by atoms with van der Waals surface area (Å²) in [6, 6.07) is 7.59. The molecule has 1 rings (SSSR count). The maximum Gasteiger partial charge on any atom is 0.408 e. The minimum absolute atomic E-state index is 0.0705. The van der Waals surface area contributed by atoms with Gasteiger partial charge in [0.1, 0.15) is 12.6 Å². The van der Waals surface area contributed by atoms with E-state index in [4.69, 9.17) is 10.5 Å². The first-order valence-electron chi connectivity index (χ1n) is 8.54. The van der Waals surface area contributed by atoms with Gasteiger partial charge in [-0.1, -0.05) is 58.0 Å². The lowest BCUT2D eigenvalue weighted by Crippen LogP contribution is -2.57. The molecule has 1 aromatic carbocycles. The first-order valence-corrected chi connectivity index (χ1v) is 8.54. The first-order chi connectivity index (χ1) is 12.2. The Labute approximate surface area is 153 Å². The average molecular weight is 364 g/mol. The van der Waals surface area contributed by atoms with Gasteiger partial charge in [0, 0.05) is 0 Å². The highest BCUT2D eigenvalue weighted by Crippen LogP contribution is 2.04. The number of ether oxygens (including phenoxy) is 1. The summed E-state index contributed by atoms with van der Waals surface area (Å²) in [6.07, 6.45) is -0.715. The molecule has 3 amide bonds. The number of benzene rings is 1. The quantitative estimate of drug-likeness (QED) is 0.539. The normalized spacial score (nSPS) is 13.0. The summed E-state index contributed by atoms with van der Waals surface area (Å²) in [4.78, 5) is 36.0. The second-order valence-corrected chi connectivity index (χ2v) is 6.68. The number of nitrogens with two attached hydrogens (primary N) is 1. The van der Waals surface area contributed by atoms with Gasteiger partial charge in [-0.3, -0.25) is 20.4 Å². The van der Waals surface area contributed by atoms with Gasteiger partial charge in [-0.25, -0.2) is 4.79 Å². The zero-order valence-corrected chi connectivity index (χ0v) is 15.6. The van der Waals surface area contributed by atoms with Crippen molar-refractivity contribution < 1.29 is 19.1 Å². The first kappa shape index (κ1) is 21.4. The van der Waals surface area contributed by atoms with Crippen LogP contribution in [0.5, 0.6) is 0 Å². The van der Waals surface area contributed by atoms with Crippen LogP contribution in [0.2, 0.25) is 0 Å². The average Bonchev–Trinajstić information content (AvgIpc) is 2.61. The Morgan fingerprint density at radius 3 is 2.08 bits per heavy atom. The van der Waals surface area contributed by atoms with Crippen molar-refractivity contribution >= 4 is 17.9 Å². The van der Waals surface area contributed by atoms with Crippen molar-refractivity contribution in [2.24, 2.45) is 17.6 Å². The Morgan fingerprint density at radius 1 is 0.962 bits per heavy atom. The number of alkyl carbamates (subject to hydrolysis) is 1. The molecule has 0 bridgehead atoms. The van der Waals surface area contributed by atoms with Gasteiger partial charge in [0.15, 0.2) is 0 Å². The summed E-state index contributed by atoms with van der Waals surface area (Å²) in [7, 11) is 0. The van der Waals surface area contributed by atoms with E-state index in [9.17, 15) is 14.4 Å². The second-order valence-electron chi connectivity index (χ2n) is 6.68. The topological polar surface area (TPSA) is 123 Å². The second kappa shape index (κ2) is 10.4. The van der Waals surface area contributed by atoms with Gasteiger partial charge in [0.2, 0.25) is 0 Å². The SMILES string of the molecule is CC(C)C(N)C(=O)NNC(=O)C(NC(=O)OCc1ccccc1)C(C)C. The van der Waals surface area contributed by atoms with Crippen LogP contribution in [-0.4, -0.2) is 30.0 Å². The molecule has 26 heavy (non-hydrogen) atoms. The van der Waals surface area contributed by atoms with E-state index in [2.05, 4.69) is 16.2 Å². The van der Waals surface area contributed by atoms with Crippen molar-refractivity contribution in [2.45, 2.75) is 46.4 Å². The van der Waals surface area contributed by atoms with E-state index in [0.717, 1.165) is 5.56 Å². The van der Waals surface area contributed by atoms with E-state index >= 15 is 0 Å². The van der Waals surface area contributed by atoms with E-state index in [0.29, 0.717) is 0 Å². The summed E-state index contributed by atoms with van der Waals surface area (Å²) in [6.45, 7) is 7.23. The number of hydrogen-bond acceptors (Lipinski definition) is 5. The highest BCUT2D eigenvalue weighted by Gasteiger charge is 2.26. The highest BCUT2D eigenvalue weighted by atomic mass is 16.5. The molecule has 0 fully saturated rings. The molecule has 0 heterocycles. The molecule has 8 heteroatoms. The molecule has 0 aromatic heterocycles. The fourth-order valence-electron chi connectivity index (χ4n) is 2.01. The van der Waals surface area contributed by atoms with Gasteiger partial charge < -0.3 is 15.8 Å². The predicted molar refractivity (Wildman–Crippen MR) is 97.5 cm³/mol. The van der Waals surface area contributed by atoms with Crippen LogP contribution in [0.3, 0.4) is 0 Å². The van der Waals surface area contributed by atoms with Gasteiger partial charge in [-0.2, -0.15) is 0 Å². The van der Waals surface area contributed by atoms with Gasteiger partial charge >= 0.3 is 6.09 Å². The van der Waals surface area contributed by atoms with E-state index in [-0.39, 0.29) is 18.4 Å². The van der Waals surface area contributed by atoms with Gasteiger partial charge in [0.05, 0.1) is 6.04 Å². The monoisotopic (exact) mass is 364 g/mol. The Bertz CT molecular complexity index is 604.